The summed E-state index contributed by atoms with van der Waals surface area (Å²) >= 11 is 0. The van der Waals surface area contributed by atoms with Gasteiger partial charge in [0, 0.05) is 5.56 Å². The first-order valence-electron chi connectivity index (χ1n) is 8.50. The van der Waals surface area contributed by atoms with Crippen LogP contribution in [0, 0.1) is 0 Å². The highest BCUT2D eigenvalue weighted by Crippen LogP contribution is 2.38. The van der Waals surface area contributed by atoms with Crippen LogP contribution < -0.4 is 30.4 Å². The molecule has 0 saturated carbocycles. The third-order valence-electron chi connectivity index (χ3n) is 3.87. The van der Waals surface area contributed by atoms with Crippen LogP contribution in [0.3, 0.4) is 0 Å². The summed E-state index contributed by atoms with van der Waals surface area (Å²) in [6.45, 7) is -0.429. The zero-order valence-electron chi connectivity index (χ0n) is 16.3. The minimum absolute atomic E-state index is 0.0362. The van der Waals surface area contributed by atoms with E-state index in [0.717, 1.165) is 12.1 Å². The maximum atomic E-state index is 12.7. The van der Waals surface area contributed by atoms with Gasteiger partial charge in [-0.15, -0.1) is 0 Å². The van der Waals surface area contributed by atoms with Crippen molar-refractivity contribution in [2.45, 2.75) is 6.18 Å². The number of hydrazine groups is 1. The minimum atomic E-state index is -4.50. The highest BCUT2D eigenvalue weighted by molar-refractivity contribution is 5.97. The summed E-state index contributed by atoms with van der Waals surface area (Å²) in [6, 6.07) is 7.12. The molecule has 0 heterocycles. The molecule has 8 nitrogen and oxygen atoms in total. The first-order chi connectivity index (χ1) is 14.2. The molecule has 2 aromatic carbocycles. The van der Waals surface area contributed by atoms with Gasteiger partial charge in [0.25, 0.3) is 11.8 Å². The van der Waals surface area contributed by atoms with E-state index in [-0.39, 0.29) is 22.7 Å². The molecule has 0 aliphatic carbocycles. The molecule has 11 heteroatoms. The lowest BCUT2D eigenvalue weighted by atomic mass is 10.1. The van der Waals surface area contributed by atoms with E-state index >= 15 is 0 Å². The predicted molar refractivity (Wildman–Crippen MR) is 102 cm³/mol. The number of amides is 2. The number of halogens is 3. The second-order valence-corrected chi connectivity index (χ2v) is 5.85. The van der Waals surface area contributed by atoms with Crippen molar-refractivity contribution in [1.82, 2.24) is 10.7 Å². The summed E-state index contributed by atoms with van der Waals surface area (Å²) in [7, 11) is 4.21. The van der Waals surface area contributed by atoms with E-state index in [4.69, 9.17) is 14.2 Å². The van der Waals surface area contributed by atoms with Crippen LogP contribution in [0.5, 0.6) is 17.2 Å². The van der Waals surface area contributed by atoms with E-state index in [2.05, 4.69) is 16.2 Å². The van der Waals surface area contributed by atoms with Crippen molar-refractivity contribution in [1.29, 1.82) is 0 Å². The molecule has 0 aliphatic heterocycles. The molecule has 2 rings (SSSR count). The number of hydrogen-bond donors (Lipinski definition) is 3. The average Bonchev–Trinajstić information content (AvgIpc) is 2.74. The summed E-state index contributed by atoms with van der Waals surface area (Å²) in [6.07, 6.45) is -4.50. The second-order valence-electron chi connectivity index (χ2n) is 5.85. The molecule has 0 aromatic heterocycles. The summed E-state index contributed by atoms with van der Waals surface area (Å²) in [5, 5.41) is 2.39. The van der Waals surface area contributed by atoms with Gasteiger partial charge in [-0.1, -0.05) is 6.07 Å². The number of methoxy groups -OCH3 is 3. The summed E-state index contributed by atoms with van der Waals surface area (Å²) < 4.78 is 53.6. The second kappa shape index (κ2) is 9.72. The van der Waals surface area contributed by atoms with E-state index in [0.29, 0.717) is 5.75 Å². The molecule has 2 aromatic rings. The Kier molecular flexibility index (Phi) is 7.34. The van der Waals surface area contributed by atoms with Crippen molar-refractivity contribution in [2.24, 2.45) is 0 Å². The summed E-state index contributed by atoms with van der Waals surface area (Å²) in [4.78, 5) is 24.2. The molecule has 0 atom stereocenters. The van der Waals surface area contributed by atoms with Gasteiger partial charge in [0.05, 0.1) is 39.1 Å². The van der Waals surface area contributed by atoms with Crippen LogP contribution in [0.1, 0.15) is 15.9 Å². The molecule has 0 spiro atoms. The van der Waals surface area contributed by atoms with Crippen LogP contribution in [0.2, 0.25) is 0 Å². The van der Waals surface area contributed by atoms with Gasteiger partial charge in [-0.25, -0.2) is 0 Å². The van der Waals surface area contributed by atoms with Crippen LogP contribution in [0.4, 0.5) is 18.9 Å². The van der Waals surface area contributed by atoms with Crippen LogP contribution in [0.15, 0.2) is 36.4 Å². The smallest absolute Gasteiger partial charge is 0.416 e. The van der Waals surface area contributed by atoms with Crippen LogP contribution >= 0.6 is 0 Å². The zero-order valence-corrected chi connectivity index (χ0v) is 16.3. The molecular formula is C19H20F3N3O5. The lowest BCUT2D eigenvalue weighted by Crippen LogP contribution is -2.39. The number of carbonyl (C=O) groups excluding carboxylic acids is 2. The Bertz CT molecular complexity index is 894. The van der Waals surface area contributed by atoms with Crippen LogP contribution in [-0.4, -0.2) is 39.7 Å². The number of carbonyl (C=O) groups is 2. The third-order valence-corrected chi connectivity index (χ3v) is 3.87. The monoisotopic (exact) mass is 427 g/mol. The Morgan fingerprint density at radius 3 is 2.13 bits per heavy atom. The lowest BCUT2D eigenvalue weighted by Gasteiger charge is -2.14. The SMILES string of the molecule is COc1cc(C(=O)NCC(=O)NNc2cccc(C(F)(F)F)c2)cc(OC)c1OC. The Labute approximate surface area is 170 Å². The first-order valence-corrected chi connectivity index (χ1v) is 8.50. The maximum absolute atomic E-state index is 12.7. The molecule has 162 valence electrons. The molecule has 0 fully saturated rings. The first kappa shape index (κ1) is 22.7. The van der Waals surface area contributed by atoms with Crippen molar-refractivity contribution < 1.29 is 37.0 Å². The molecular weight excluding hydrogens is 407 g/mol. The fourth-order valence-corrected chi connectivity index (χ4v) is 2.43. The van der Waals surface area contributed by atoms with Crippen molar-refractivity contribution in [3.8, 4) is 17.2 Å². The number of anilines is 1. The Hall–Kier alpha value is -3.63. The minimum Gasteiger partial charge on any atom is -0.493 e. The highest BCUT2D eigenvalue weighted by Gasteiger charge is 2.30. The Morgan fingerprint density at radius 1 is 0.967 bits per heavy atom. The van der Waals surface area contributed by atoms with E-state index in [1.807, 2.05) is 0 Å². The molecule has 30 heavy (non-hydrogen) atoms. The maximum Gasteiger partial charge on any atom is 0.416 e. The van der Waals surface area contributed by atoms with Gasteiger partial charge in [-0.2, -0.15) is 13.2 Å². The summed E-state index contributed by atoms with van der Waals surface area (Å²) in [5.41, 5.74) is 3.90. The van der Waals surface area contributed by atoms with Crippen LogP contribution in [0.25, 0.3) is 0 Å². The highest BCUT2D eigenvalue weighted by atomic mass is 19.4. The topological polar surface area (TPSA) is 97.9 Å². The molecule has 0 bridgehead atoms. The van der Waals surface area contributed by atoms with E-state index in [9.17, 15) is 22.8 Å². The largest absolute Gasteiger partial charge is 0.493 e. The fraction of sp³-hybridized carbons (Fsp3) is 0.263. The lowest BCUT2D eigenvalue weighted by molar-refractivity contribution is -0.137. The molecule has 2 amide bonds. The fourth-order valence-electron chi connectivity index (χ4n) is 2.43. The molecule has 0 unspecified atom stereocenters. The molecule has 0 radical (unpaired) electrons. The van der Waals surface area contributed by atoms with E-state index in [1.54, 1.807) is 0 Å². The summed E-state index contributed by atoms with van der Waals surface area (Å²) in [5.74, 6) is -0.438. The van der Waals surface area contributed by atoms with Gasteiger partial charge in [0.2, 0.25) is 5.75 Å². The standard InChI is InChI=1S/C19H20F3N3O5/c1-28-14-7-11(8-15(29-2)17(14)30-3)18(27)23-10-16(26)25-24-13-6-4-5-12(9-13)19(20,21)22/h4-9,24H,10H2,1-3H3,(H,23,27)(H,25,26). The van der Waals surface area contributed by atoms with Gasteiger partial charge in [0.15, 0.2) is 11.5 Å². The quantitative estimate of drug-likeness (QED) is 0.561. The number of nitrogens with one attached hydrogen (secondary N) is 3. The van der Waals surface area contributed by atoms with Gasteiger partial charge < -0.3 is 19.5 Å². The number of ether oxygens (including phenoxy) is 3. The van der Waals surface area contributed by atoms with Gasteiger partial charge in [0.1, 0.15) is 0 Å². The third kappa shape index (κ3) is 5.69. The number of rotatable bonds is 8. The molecule has 0 aliphatic rings. The van der Waals surface area contributed by atoms with Crippen molar-refractivity contribution in [3.05, 3.63) is 47.5 Å². The van der Waals surface area contributed by atoms with Crippen molar-refractivity contribution in [3.63, 3.8) is 0 Å². The van der Waals surface area contributed by atoms with E-state index < -0.39 is 30.1 Å². The molecule has 0 saturated heterocycles. The van der Waals surface area contributed by atoms with Crippen LogP contribution in [-0.2, 0) is 11.0 Å². The average molecular weight is 427 g/mol. The van der Waals surface area contributed by atoms with Gasteiger partial charge >= 0.3 is 6.18 Å². The number of alkyl halides is 3. The van der Waals surface area contributed by atoms with Gasteiger partial charge in [-0.3, -0.25) is 20.4 Å². The van der Waals surface area contributed by atoms with E-state index in [1.165, 1.54) is 45.6 Å². The molecule has 3 N–H and O–H groups in total. The Balaban J connectivity index is 1.96. The van der Waals surface area contributed by atoms with Crippen molar-refractivity contribution >= 4 is 17.5 Å². The number of hydrogen-bond acceptors (Lipinski definition) is 6. The normalized spacial score (nSPS) is 10.7. The number of benzene rings is 2. The zero-order chi connectivity index (χ0) is 22.3. The predicted octanol–water partition coefficient (Wildman–Crippen LogP) is 2.60. The Morgan fingerprint density at radius 2 is 1.60 bits per heavy atom. The van der Waals surface area contributed by atoms with Crippen molar-refractivity contribution in [2.75, 3.05) is 33.3 Å². The van der Waals surface area contributed by atoms with Gasteiger partial charge in [-0.05, 0) is 30.3 Å².